The minimum Gasteiger partial charge on any atom is -0.436 e. The van der Waals surface area contributed by atoms with Gasteiger partial charge in [-0.3, -0.25) is 0 Å². The summed E-state index contributed by atoms with van der Waals surface area (Å²) in [6.07, 6.45) is 0. The average Bonchev–Trinajstić information content (AvgIpc) is 2.44. The van der Waals surface area contributed by atoms with E-state index in [4.69, 9.17) is 9.84 Å². The number of rotatable bonds is 5. The molecule has 0 aliphatic rings. The van der Waals surface area contributed by atoms with Crippen LogP contribution in [0.4, 0.5) is 14.6 Å². The fourth-order valence-corrected chi connectivity index (χ4v) is 1.63. The molecule has 106 valence electrons. The molecule has 20 heavy (non-hydrogen) atoms. The van der Waals surface area contributed by atoms with E-state index in [-0.39, 0.29) is 18.3 Å². The highest BCUT2D eigenvalue weighted by molar-refractivity contribution is 5.41. The number of ether oxygens (including phenoxy) is 1. The molecule has 6 heteroatoms. The number of benzene rings is 1. The fourth-order valence-electron chi connectivity index (χ4n) is 1.63. The first-order chi connectivity index (χ1) is 9.63. The average molecular weight is 280 g/mol. The van der Waals surface area contributed by atoms with Crippen LogP contribution in [-0.4, -0.2) is 16.6 Å². The number of aliphatic hydroxyl groups excluding tert-OH is 1. The number of anilines is 1. The number of halogens is 2. The molecule has 4 nitrogen and oxygen atoms in total. The maximum absolute atomic E-state index is 13.6. The monoisotopic (exact) mass is 280 g/mol. The van der Waals surface area contributed by atoms with Crippen LogP contribution in [-0.2, 0) is 6.61 Å². The number of nitrogens with zero attached hydrogens (tertiary/aromatic N) is 1. The van der Waals surface area contributed by atoms with Crippen molar-refractivity contribution in [3.63, 3.8) is 0 Å². The van der Waals surface area contributed by atoms with E-state index in [1.165, 1.54) is 0 Å². The van der Waals surface area contributed by atoms with Gasteiger partial charge in [-0.1, -0.05) is 12.1 Å². The van der Waals surface area contributed by atoms with Gasteiger partial charge in [0.15, 0.2) is 17.5 Å². The van der Waals surface area contributed by atoms with Crippen LogP contribution in [0.25, 0.3) is 0 Å². The van der Waals surface area contributed by atoms with Crippen molar-refractivity contribution in [1.82, 2.24) is 4.98 Å². The molecule has 0 fully saturated rings. The van der Waals surface area contributed by atoms with Gasteiger partial charge in [-0.25, -0.2) is 8.78 Å². The summed E-state index contributed by atoms with van der Waals surface area (Å²) in [5.74, 6) is -1.74. The first-order valence-electron chi connectivity index (χ1n) is 6.11. The predicted octanol–water partition coefficient (Wildman–Crippen LogP) is 3.08. The molecule has 1 aromatic heterocycles. The topological polar surface area (TPSA) is 54.4 Å². The second-order valence-electron chi connectivity index (χ2n) is 4.04. The lowest BCUT2D eigenvalue weighted by atomic mass is 10.2. The fraction of sp³-hybridized carbons (Fsp3) is 0.214. The van der Waals surface area contributed by atoms with Gasteiger partial charge in [0.2, 0.25) is 0 Å². The molecule has 0 radical (unpaired) electrons. The first-order valence-corrected chi connectivity index (χ1v) is 6.11. The van der Waals surface area contributed by atoms with Gasteiger partial charge in [-0.05, 0) is 24.6 Å². The van der Waals surface area contributed by atoms with E-state index in [9.17, 15) is 8.78 Å². The van der Waals surface area contributed by atoms with Gasteiger partial charge in [0.05, 0.1) is 6.61 Å². The zero-order valence-corrected chi connectivity index (χ0v) is 10.9. The highest BCUT2D eigenvalue weighted by Crippen LogP contribution is 2.26. The molecule has 0 unspecified atom stereocenters. The maximum Gasteiger partial charge on any atom is 0.258 e. The summed E-state index contributed by atoms with van der Waals surface area (Å²) >= 11 is 0. The Kier molecular flexibility index (Phi) is 4.47. The molecule has 0 spiro atoms. The summed E-state index contributed by atoms with van der Waals surface area (Å²) in [7, 11) is 0. The van der Waals surface area contributed by atoms with Gasteiger partial charge >= 0.3 is 0 Å². The lowest BCUT2D eigenvalue weighted by Crippen LogP contribution is -2.04. The van der Waals surface area contributed by atoms with Crippen LogP contribution in [0.1, 0.15) is 12.5 Å². The molecule has 0 saturated heterocycles. The molecule has 0 amide bonds. The predicted molar refractivity (Wildman–Crippen MR) is 70.8 cm³/mol. The summed E-state index contributed by atoms with van der Waals surface area (Å²) < 4.78 is 32.3. The molecule has 1 heterocycles. The molecule has 0 aliphatic carbocycles. The molecule has 0 bridgehead atoms. The summed E-state index contributed by atoms with van der Waals surface area (Å²) in [6.45, 7) is 2.07. The van der Waals surface area contributed by atoms with Gasteiger partial charge in [0, 0.05) is 12.6 Å². The van der Waals surface area contributed by atoms with Crippen molar-refractivity contribution in [3.8, 4) is 11.6 Å². The largest absolute Gasteiger partial charge is 0.436 e. The standard InChI is InChI=1S/C14H14F2N2O2/c1-2-17-13-11(15)7-12(16)14(18-13)20-10-5-3-4-9(6-10)8-19/h3-7,19H,2,8H2,1H3,(H,17,18). The van der Waals surface area contributed by atoms with Crippen molar-refractivity contribution in [2.24, 2.45) is 0 Å². The maximum atomic E-state index is 13.6. The highest BCUT2D eigenvalue weighted by atomic mass is 19.1. The van der Waals surface area contributed by atoms with Crippen molar-refractivity contribution in [3.05, 3.63) is 47.5 Å². The Labute approximate surface area is 115 Å². The second-order valence-corrected chi connectivity index (χ2v) is 4.04. The Bertz CT molecular complexity index is 606. The first kappa shape index (κ1) is 14.2. The summed E-state index contributed by atoms with van der Waals surface area (Å²) in [5, 5.41) is 11.7. The Balaban J connectivity index is 2.30. The minimum absolute atomic E-state index is 0.0674. The number of aliphatic hydroxyl groups is 1. The van der Waals surface area contributed by atoms with Gasteiger partial charge in [-0.2, -0.15) is 4.98 Å². The molecular weight excluding hydrogens is 266 g/mol. The van der Waals surface area contributed by atoms with Crippen molar-refractivity contribution >= 4 is 5.82 Å². The third kappa shape index (κ3) is 3.21. The Morgan fingerprint density at radius 3 is 2.75 bits per heavy atom. The molecule has 2 aromatic rings. The van der Waals surface area contributed by atoms with Gasteiger partial charge in [0.1, 0.15) is 5.75 Å². The lowest BCUT2D eigenvalue weighted by molar-refractivity contribution is 0.281. The molecule has 1 aromatic carbocycles. The smallest absolute Gasteiger partial charge is 0.258 e. The van der Waals surface area contributed by atoms with Crippen LogP contribution in [0, 0.1) is 11.6 Å². The Morgan fingerprint density at radius 1 is 1.25 bits per heavy atom. The number of pyridine rings is 1. The van der Waals surface area contributed by atoms with Crippen LogP contribution in [0.5, 0.6) is 11.6 Å². The quantitative estimate of drug-likeness (QED) is 0.883. The van der Waals surface area contributed by atoms with Crippen molar-refractivity contribution in [1.29, 1.82) is 0 Å². The van der Waals surface area contributed by atoms with Crippen LogP contribution in [0.3, 0.4) is 0 Å². The molecule has 0 saturated carbocycles. The third-order valence-electron chi connectivity index (χ3n) is 2.54. The van der Waals surface area contributed by atoms with E-state index in [1.807, 2.05) is 0 Å². The minimum atomic E-state index is -0.890. The van der Waals surface area contributed by atoms with Crippen molar-refractivity contribution in [2.45, 2.75) is 13.5 Å². The zero-order chi connectivity index (χ0) is 14.5. The third-order valence-corrected chi connectivity index (χ3v) is 2.54. The van der Waals surface area contributed by atoms with Gasteiger partial charge in [-0.15, -0.1) is 0 Å². The lowest BCUT2D eigenvalue weighted by Gasteiger charge is -2.10. The van der Waals surface area contributed by atoms with E-state index < -0.39 is 11.6 Å². The SMILES string of the molecule is CCNc1nc(Oc2cccc(CO)c2)c(F)cc1F. The number of hydrogen-bond acceptors (Lipinski definition) is 4. The number of aromatic nitrogens is 1. The van der Waals surface area contributed by atoms with E-state index in [0.717, 1.165) is 6.07 Å². The molecule has 2 N–H and O–H groups in total. The Hall–Kier alpha value is -2.21. The summed E-state index contributed by atoms with van der Waals surface area (Å²) in [5.41, 5.74) is 0.622. The van der Waals surface area contributed by atoms with E-state index in [2.05, 4.69) is 10.3 Å². The zero-order valence-electron chi connectivity index (χ0n) is 10.9. The molecule has 0 atom stereocenters. The van der Waals surface area contributed by atoms with Crippen molar-refractivity contribution < 1.29 is 18.6 Å². The normalized spacial score (nSPS) is 10.4. The van der Waals surface area contributed by atoms with Gasteiger partial charge in [0.25, 0.3) is 5.88 Å². The molecule has 0 aliphatic heterocycles. The number of hydrogen-bond donors (Lipinski definition) is 2. The molecule has 2 rings (SSSR count). The summed E-state index contributed by atoms with van der Waals surface area (Å²) in [4.78, 5) is 3.77. The second kappa shape index (κ2) is 6.29. The van der Waals surface area contributed by atoms with Gasteiger partial charge < -0.3 is 15.2 Å². The van der Waals surface area contributed by atoms with Crippen molar-refractivity contribution in [2.75, 3.05) is 11.9 Å². The van der Waals surface area contributed by atoms with E-state index >= 15 is 0 Å². The number of nitrogens with one attached hydrogen (secondary N) is 1. The van der Waals surface area contributed by atoms with Crippen LogP contribution in [0.15, 0.2) is 30.3 Å². The van der Waals surface area contributed by atoms with E-state index in [0.29, 0.717) is 17.9 Å². The Morgan fingerprint density at radius 2 is 2.05 bits per heavy atom. The van der Waals surface area contributed by atoms with Crippen LogP contribution < -0.4 is 10.1 Å². The van der Waals surface area contributed by atoms with Crippen LogP contribution >= 0.6 is 0 Å². The summed E-state index contributed by atoms with van der Waals surface area (Å²) in [6, 6.07) is 7.23. The molecular formula is C14H14F2N2O2. The van der Waals surface area contributed by atoms with Crippen LogP contribution in [0.2, 0.25) is 0 Å². The van der Waals surface area contributed by atoms with E-state index in [1.54, 1.807) is 31.2 Å². The highest BCUT2D eigenvalue weighted by Gasteiger charge is 2.13.